The molecule has 2 unspecified atom stereocenters. The highest BCUT2D eigenvalue weighted by atomic mass is 32.1. The number of thiazole rings is 1. The van der Waals surface area contributed by atoms with E-state index in [2.05, 4.69) is 43.3 Å². The standard InChI is InChI=1S/C17H29N3S/c1-5-20(15-8-12-6-7-13(9-15)18-12)10-14-11-21-16(19-14)17(2,3)4/h11-13,15,18H,5-10H2,1-4H3. The average molecular weight is 308 g/mol. The summed E-state index contributed by atoms with van der Waals surface area (Å²) in [6, 6.07) is 2.28. The molecule has 0 aliphatic carbocycles. The van der Waals surface area contributed by atoms with E-state index in [1.165, 1.54) is 36.4 Å². The minimum atomic E-state index is 0.174. The van der Waals surface area contributed by atoms with Crippen molar-refractivity contribution < 1.29 is 0 Å². The van der Waals surface area contributed by atoms with Crippen molar-refractivity contribution in [1.29, 1.82) is 0 Å². The third-order valence-electron chi connectivity index (χ3n) is 4.93. The third-order valence-corrected chi connectivity index (χ3v) is 6.25. The van der Waals surface area contributed by atoms with Crippen LogP contribution in [0.1, 0.15) is 64.1 Å². The fraction of sp³-hybridized carbons (Fsp3) is 0.824. The van der Waals surface area contributed by atoms with Crippen molar-refractivity contribution in [3.05, 3.63) is 16.1 Å². The van der Waals surface area contributed by atoms with Gasteiger partial charge in [-0.05, 0) is 32.2 Å². The van der Waals surface area contributed by atoms with Crippen molar-refractivity contribution in [2.24, 2.45) is 0 Å². The third kappa shape index (κ3) is 3.49. The molecule has 0 saturated carbocycles. The van der Waals surface area contributed by atoms with E-state index < -0.39 is 0 Å². The van der Waals surface area contributed by atoms with Crippen LogP contribution in [0.3, 0.4) is 0 Å². The minimum Gasteiger partial charge on any atom is -0.311 e. The van der Waals surface area contributed by atoms with Gasteiger partial charge in [0.2, 0.25) is 0 Å². The van der Waals surface area contributed by atoms with Crippen molar-refractivity contribution >= 4 is 11.3 Å². The zero-order chi connectivity index (χ0) is 15.0. The Balaban J connectivity index is 1.66. The zero-order valence-electron chi connectivity index (χ0n) is 13.9. The Morgan fingerprint density at radius 1 is 1.29 bits per heavy atom. The normalized spacial score (nSPS) is 29.3. The van der Waals surface area contributed by atoms with Gasteiger partial charge in [0.1, 0.15) is 0 Å². The monoisotopic (exact) mass is 307 g/mol. The minimum absolute atomic E-state index is 0.174. The van der Waals surface area contributed by atoms with Gasteiger partial charge in [0, 0.05) is 35.5 Å². The number of piperidine rings is 1. The molecule has 0 aromatic carbocycles. The molecular formula is C17H29N3S. The first-order chi connectivity index (χ1) is 9.95. The second kappa shape index (κ2) is 5.98. The van der Waals surface area contributed by atoms with Crippen LogP contribution >= 0.6 is 11.3 Å². The van der Waals surface area contributed by atoms with Crippen LogP contribution in [0.2, 0.25) is 0 Å². The summed E-state index contributed by atoms with van der Waals surface area (Å²) in [7, 11) is 0. The smallest absolute Gasteiger partial charge is 0.0982 e. The van der Waals surface area contributed by atoms with Gasteiger partial charge in [0.25, 0.3) is 0 Å². The highest BCUT2D eigenvalue weighted by molar-refractivity contribution is 7.09. The Morgan fingerprint density at radius 3 is 2.48 bits per heavy atom. The van der Waals surface area contributed by atoms with Crippen LogP contribution in [0, 0.1) is 0 Å². The van der Waals surface area contributed by atoms with E-state index in [1.54, 1.807) is 0 Å². The SMILES string of the molecule is CCN(Cc1csc(C(C)(C)C)n1)C1CC2CCC(C1)N2. The lowest BCUT2D eigenvalue weighted by atomic mass is 9.97. The van der Waals surface area contributed by atoms with E-state index in [9.17, 15) is 0 Å². The zero-order valence-corrected chi connectivity index (χ0v) is 14.7. The Morgan fingerprint density at radius 2 is 1.95 bits per heavy atom. The van der Waals surface area contributed by atoms with Crippen molar-refractivity contribution in [2.75, 3.05) is 6.54 Å². The van der Waals surface area contributed by atoms with Gasteiger partial charge in [-0.25, -0.2) is 4.98 Å². The number of nitrogens with zero attached hydrogens (tertiary/aromatic N) is 2. The molecule has 2 aliphatic heterocycles. The van der Waals surface area contributed by atoms with Gasteiger partial charge in [-0.1, -0.05) is 27.7 Å². The maximum absolute atomic E-state index is 4.88. The molecule has 1 aromatic heterocycles. The topological polar surface area (TPSA) is 28.2 Å². The summed E-state index contributed by atoms with van der Waals surface area (Å²) in [6.45, 7) is 11.2. The Hall–Kier alpha value is -0.450. The lowest BCUT2D eigenvalue weighted by Gasteiger charge is -2.37. The predicted octanol–water partition coefficient (Wildman–Crippen LogP) is 3.55. The summed E-state index contributed by atoms with van der Waals surface area (Å²) >= 11 is 1.82. The van der Waals surface area contributed by atoms with Crippen LogP contribution < -0.4 is 5.32 Å². The van der Waals surface area contributed by atoms with Crippen LogP contribution in [0.25, 0.3) is 0 Å². The van der Waals surface area contributed by atoms with Gasteiger partial charge in [0.15, 0.2) is 0 Å². The van der Waals surface area contributed by atoms with E-state index >= 15 is 0 Å². The highest BCUT2D eigenvalue weighted by Gasteiger charge is 2.35. The maximum Gasteiger partial charge on any atom is 0.0982 e. The summed E-state index contributed by atoms with van der Waals surface area (Å²) in [5, 5.41) is 7.27. The molecule has 118 valence electrons. The molecule has 3 heterocycles. The molecule has 2 aliphatic rings. The van der Waals surface area contributed by atoms with Crippen molar-refractivity contribution in [2.45, 2.75) is 83.5 Å². The molecule has 1 N–H and O–H groups in total. The Labute approximate surface area is 133 Å². The summed E-state index contributed by atoms with van der Waals surface area (Å²) in [4.78, 5) is 7.53. The van der Waals surface area contributed by atoms with Gasteiger partial charge in [-0.3, -0.25) is 4.90 Å². The van der Waals surface area contributed by atoms with Crippen LogP contribution in [0.15, 0.2) is 5.38 Å². The fourth-order valence-corrected chi connectivity index (χ4v) is 4.66. The average Bonchev–Trinajstić information content (AvgIpc) is 3.02. The molecule has 1 aromatic rings. The molecule has 3 nitrogen and oxygen atoms in total. The molecule has 4 heteroatoms. The number of rotatable bonds is 4. The van der Waals surface area contributed by atoms with Crippen LogP contribution in [-0.4, -0.2) is 34.6 Å². The van der Waals surface area contributed by atoms with Gasteiger partial charge < -0.3 is 5.32 Å². The van der Waals surface area contributed by atoms with Crippen LogP contribution in [-0.2, 0) is 12.0 Å². The molecule has 2 atom stereocenters. The van der Waals surface area contributed by atoms with Crippen molar-refractivity contribution in [3.63, 3.8) is 0 Å². The first-order valence-electron chi connectivity index (χ1n) is 8.40. The maximum atomic E-state index is 4.88. The molecule has 0 amide bonds. The molecule has 21 heavy (non-hydrogen) atoms. The number of fused-ring (bicyclic) bond motifs is 2. The number of hydrogen-bond acceptors (Lipinski definition) is 4. The largest absolute Gasteiger partial charge is 0.311 e. The summed E-state index contributed by atoms with van der Waals surface area (Å²) in [5.74, 6) is 0. The van der Waals surface area contributed by atoms with E-state index in [1.807, 2.05) is 11.3 Å². The molecule has 0 spiro atoms. The van der Waals surface area contributed by atoms with Gasteiger partial charge in [-0.2, -0.15) is 0 Å². The summed E-state index contributed by atoms with van der Waals surface area (Å²) < 4.78 is 0. The molecule has 2 saturated heterocycles. The molecule has 0 radical (unpaired) electrons. The second-order valence-electron chi connectivity index (χ2n) is 7.72. The summed E-state index contributed by atoms with van der Waals surface area (Å²) in [5.41, 5.74) is 1.44. The second-order valence-corrected chi connectivity index (χ2v) is 8.58. The first-order valence-corrected chi connectivity index (χ1v) is 9.28. The van der Waals surface area contributed by atoms with E-state index in [4.69, 9.17) is 4.98 Å². The van der Waals surface area contributed by atoms with Crippen LogP contribution in [0.4, 0.5) is 0 Å². The number of hydrogen-bond donors (Lipinski definition) is 1. The molecule has 3 rings (SSSR count). The predicted molar refractivity (Wildman–Crippen MR) is 89.9 cm³/mol. The lowest BCUT2D eigenvalue weighted by molar-refractivity contribution is 0.139. The van der Waals surface area contributed by atoms with E-state index in [0.29, 0.717) is 0 Å². The van der Waals surface area contributed by atoms with E-state index in [0.717, 1.165) is 31.2 Å². The van der Waals surface area contributed by atoms with Gasteiger partial charge in [0.05, 0.1) is 10.7 Å². The number of aromatic nitrogens is 1. The van der Waals surface area contributed by atoms with Gasteiger partial charge in [-0.15, -0.1) is 11.3 Å². The summed E-state index contributed by atoms with van der Waals surface area (Å²) in [6.07, 6.45) is 5.40. The van der Waals surface area contributed by atoms with Crippen molar-refractivity contribution in [1.82, 2.24) is 15.2 Å². The molecule has 2 bridgehead atoms. The Kier molecular flexibility index (Phi) is 4.40. The van der Waals surface area contributed by atoms with E-state index in [-0.39, 0.29) is 5.41 Å². The molecule has 2 fully saturated rings. The first kappa shape index (κ1) is 15.4. The van der Waals surface area contributed by atoms with Gasteiger partial charge >= 0.3 is 0 Å². The quantitative estimate of drug-likeness (QED) is 0.922. The van der Waals surface area contributed by atoms with Crippen LogP contribution in [0.5, 0.6) is 0 Å². The Bertz CT molecular complexity index is 465. The lowest BCUT2D eigenvalue weighted by Crippen LogP contribution is -2.47. The number of nitrogens with one attached hydrogen (secondary N) is 1. The van der Waals surface area contributed by atoms with Crippen molar-refractivity contribution in [3.8, 4) is 0 Å². The molecular weight excluding hydrogens is 278 g/mol. The highest BCUT2D eigenvalue weighted by Crippen LogP contribution is 2.31. The fourth-order valence-electron chi connectivity index (χ4n) is 3.76.